The maximum Gasteiger partial charge on any atom is 0.238 e. The van der Waals surface area contributed by atoms with Crippen molar-refractivity contribution in [3.05, 3.63) is 35.6 Å². The van der Waals surface area contributed by atoms with Gasteiger partial charge in [-0.3, -0.25) is 4.79 Å². The average Bonchev–Trinajstić information content (AvgIpc) is 3.30. The Morgan fingerprint density at radius 3 is 2.79 bits per heavy atom. The molecule has 3 unspecified atom stereocenters. The summed E-state index contributed by atoms with van der Waals surface area (Å²) in [6.45, 7) is 5.00. The quantitative estimate of drug-likeness (QED) is 0.836. The zero-order valence-corrected chi connectivity index (χ0v) is 17.4. The highest BCUT2D eigenvalue weighted by Crippen LogP contribution is 2.61. The number of amides is 1. The number of benzene rings is 1. The lowest BCUT2D eigenvalue weighted by Gasteiger charge is -2.30. The SMILES string of the molecule is CC1(c2ccc(F)cc2)C[C@@H]2CC(NCC(=O)N3CSCC3C#N)C[C@]2(C)C1. The predicted octanol–water partition coefficient (Wildman–Crippen LogP) is 3.68. The van der Waals surface area contributed by atoms with E-state index in [-0.39, 0.29) is 28.6 Å². The number of carbonyl (C=O) groups is 1. The van der Waals surface area contributed by atoms with Crippen molar-refractivity contribution < 1.29 is 9.18 Å². The molecule has 1 aliphatic heterocycles. The lowest BCUT2D eigenvalue weighted by Crippen LogP contribution is -2.43. The van der Waals surface area contributed by atoms with Crippen LogP contribution in [0.3, 0.4) is 0 Å². The molecule has 4 rings (SSSR count). The molecular weight excluding hydrogens is 373 g/mol. The molecule has 2 aliphatic carbocycles. The van der Waals surface area contributed by atoms with Gasteiger partial charge >= 0.3 is 0 Å². The first-order valence-corrected chi connectivity index (χ1v) is 11.2. The van der Waals surface area contributed by atoms with Gasteiger partial charge in [0.2, 0.25) is 5.91 Å². The van der Waals surface area contributed by atoms with Crippen LogP contribution < -0.4 is 5.32 Å². The maximum atomic E-state index is 13.3. The number of nitrogens with one attached hydrogen (secondary N) is 1. The second kappa shape index (κ2) is 7.35. The fourth-order valence-corrected chi connectivity index (χ4v) is 6.95. The molecule has 1 amide bonds. The van der Waals surface area contributed by atoms with Crippen molar-refractivity contribution in [1.29, 1.82) is 5.26 Å². The summed E-state index contributed by atoms with van der Waals surface area (Å²) in [5.41, 5.74) is 1.58. The van der Waals surface area contributed by atoms with Gasteiger partial charge in [0.1, 0.15) is 11.9 Å². The molecule has 6 heteroatoms. The Labute approximate surface area is 170 Å². The summed E-state index contributed by atoms with van der Waals surface area (Å²) in [5, 5.41) is 12.6. The largest absolute Gasteiger partial charge is 0.315 e. The Morgan fingerprint density at radius 2 is 2.11 bits per heavy atom. The van der Waals surface area contributed by atoms with E-state index in [0.29, 0.717) is 30.1 Å². The summed E-state index contributed by atoms with van der Waals surface area (Å²) in [5.74, 6) is 1.81. The van der Waals surface area contributed by atoms with Crippen LogP contribution in [0.4, 0.5) is 4.39 Å². The number of carbonyl (C=O) groups excluding carboxylic acids is 1. The normalized spacial score (nSPS) is 37.1. The third kappa shape index (κ3) is 3.55. The summed E-state index contributed by atoms with van der Waals surface area (Å²) in [6, 6.07) is 9.31. The van der Waals surface area contributed by atoms with Crippen LogP contribution in [0, 0.1) is 28.5 Å². The van der Waals surface area contributed by atoms with Crippen molar-refractivity contribution in [3.8, 4) is 6.07 Å². The van der Waals surface area contributed by atoms with E-state index >= 15 is 0 Å². The van der Waals surface area contributed by atoms with E-state index in [1.54, 1.807) is 28.8 Å². The number of nitrogens with zero attached hydrogens (tertiary/aromatic N) is 2. The van der Waals surface area contributed by atoms with Crippen LogP contribution in [-0.4, -0.2) is 41.1 Å². The Balaban J connectivity index is 1.34. The third-order valence-corrected chi connectivity index (χ3v) is 8.21. The highest BCUT2D eigenvalue weighted by molar-refractivity contribution is 7.99. The van der Waals surface area contributed by atoms with E-state index in [2.05, 4.69) is 25.2 Å². The number of nitriles is 1. The van der Waals surface area contributed by atoms with E-state index in [4.69, 9.17) is 5.26 Å². The van der Waals surface area contributed by atoms with Gasteiger partial charge in [-0.2, -0.15) is 5.26 Å². The average molecular weight is 402 g/mol. The summed E-state index contributed by atoms with van der Waals surface area (Å²) < 4.78 is 13.3. The van der Waals surface area contributed by atoms with Gasteiger partial charge in [0.05, 0.1) is 18.5 Å². The number of rotatable bonds is 4. The minimum atomic E-state index is -0.281. The summed E-state index contributed by atoms with van der Waals surface area (Å²) in [7, 11) is 0. The van der Waals surface area contributed by atoms with E-state index in [9.17, 15) is 9.18 Å². The molecule has 28 heavy (non-hydrogen) atoms. The molecule has 3 fully saturated rings. The summed E-state index contributed by atoms with van der Waals surface area (Å²) in [4.78, 5) is 14.2. The lowest BCUT2D eigenvalue weighted by molar-refractivity contribution is -0.129. The van der Waals surface area contributed by atoms with Crippen molar-refractivity contribution in [1.82, 2.24) is 10.2 Å². The molecule has 5 atom stereocenters. The molecule has 150 valence electrons. The first kappa shape index (κ1) is 19.7. The van der Waals surface area contributed by atoms with Gasteiger partial charge in [0.25, 0.3) is 0 Å². The van der Waals surface area contributed by atoms with E-state index < -0.39 is 0 Å². The summed E-state index contributed by atoms with van der Waals surface area (Å²) in [6.07, 6.45) is 4.36. The van der Waals surface area contributed by atoms with Gasteiger partial charge in [-0.1, -0.05) is 26.0 Å². The minimum Gasteiger partial charge on any atom is -0.315 e. The van der Waals surface area contributed by atoms with Gasteiger partial charge in [-0.25, -0.2) is 4.39 Å². The Hall–Kier alpha value is -1.58. The topological polar surface area (TPSA) is 56.1 Å². The van der Waals surface area contributed by atoms with Crippen LogP contribution in [0.15, 0.2) is 24.3 Å². The first-order valence-electron chi connectivity index (χ1n) is 10.1. The van der Waals surface area contributed by atoms with E-state index in [0.717, 1.165) is 25.7 Å². The molecule has 4 nitrogen and oxygen atoms in total. The zero-order valence-electron chi connectivity index (χ0n) is 16.6. The predicted molar refractivity (Wildman–Crippen MR) is 109 cm³/mol. The van der Waals surface area contributed by atoms with Crippen LogP contribution in [0.2, 0.25) is 0 Å². The number of fused-ring (bicyclic) bond motifs is 1. The molecule has 1 saturated heterocycles. The number of thioether (sulfide) groups is 1. The molecule has 1 heterocycles. The molecule has 1 N–H and O–H groups in total. The molecule has 1 aromatic carbocycles. The molecular formula is C22H28FN3OS. The smallest absolute Gasteiger partial charge is 0.238 e. The maximum absolute atomic E-state index is 13.3. The Kier molecular flexibility index (Phi) is 5.18. The second-order valence-corrected chi connectivity index (χ2v) is 10.3. The first-order chi connectivity index (χ1) is 13.3. The third-order valence-electron chi connectivity index (χ3n) is 7.19. The lowest BCUT2D eigenvalue weighted by atomic mass is 9.76. The molecule has 0 radical (unpaired) electrons. The monoisotopic (exact) mass is 401 g/mol. The number of halogens is 1. The second-order valence-electron chi connectivity index (χ2n) is 9.33. The van der Waals surface area contributed by atoms with Gasteiger partial charge in [0.15, 0.2) is 0 Å². The standard InChI is InChI=1S/C22H28FN3OS/c1-21(15-3-5-17(23)6-4-15)8-16-7-18(9-22(16,2)13-21)25-11-20(27)26-14-28-12-19(26)10-24/h3-6,16,18-19,25H,7-9,11-14H2,1-2H3/t16-,18?,19?,21?,22+/m0/s1. The highest BCUT2D eigenvalue weighted by Gasteiger charge is 2.54. The van der Waals surface area contributed by atoms with Crippen LogP contribution in [0.1, 0.15) is 45.1 Å². The van der Waals surface area contributed by atoms with E-state index in [1.807, 2.05) is 12.1 Å². The van der Waals surface area contributed by atoms with Crippen molar-refractivity contribution in [3.63, 3.8) is 0 Å². The van der Waals surface area contributed by atoms with Gasteiger partial charge in [-0.15, -0.1) is 11.8 Å². The highest BCUT2D eigenvalue weighted by atomic mass is 32.2. The van der Waals surface area contributed by atoms with Gasteiger partial charge in [0, 0.05) is 11.8 Å². The molecule has 0 spiro atoms. The molecule has 0 aromatic heterocycles. The van der Waals surface area contributed by atoms with Crippen LogP contribution >= 0.6 is 11.8 Å². The number of hydrogen-bond acceptors (Lipinski definition) is 4. The van der Waals surface area contributed by atoms with Crippen molar-refractivity contribution in [2.24, 2.45) is 11.3 Å². The Morgan fingerprint density at radius 1 is 1.36 bits per heavy atom. The zero-order chi connectivity index (χ0) is 19.9. The van der Waals surface area contributed by atoms with Crippen LogP contribution in [0.25, 0.3) is 0 Å². The van der Waals surface area contributed by atoms with E-state index in [1.165, 1.54) is 5.56 Å². The minimum absolute atomic E-state index is 0.0370. The van der Waals surface area contributed by atoms with Crippen molar-refractivity contribution in [2.45, 2.75) is 57.0 Å². The van der Waals surface area contributed by atoms with Gasteiger partial charge in [-0.05, 0) is 60.1 Å². The molecule has 1 aromatic rings. The molecule has 0 bridgehead atoms. The van der Waals surface area contributed by atoms with Crippen molar-refractivity contribution >= 4 is 17.7 Å². The van der Waals surface area contributed by atoms with Crippen LogP contribution in [0.5, 0.6) is 0 Å². The summed E-state index contributed by atoms with van der Waals surface area (Å²) >= 11 is 1.64. The molecule has 3 aliphatic rings. The van der Waals surface area contributed by atoms with Crippen molar-refractivity contribution in [2.75, 3.05) is 18.2 Å². The Bertz CT molecular complexity index is 794. The fourth-order valence-electron chi connectivity index (χ4n) is 5.85. The van der Waals surface area contributed by atoms with Gasteiger partial charge < -0.3 is 10.2 Å². The van der Waals surface area contributed by atoms with Crippen LogP contribution in [-0.2, 0) is 10.2 Å². The fraction of sp³-hybridized carbons (Fsp3) is 0.636. The molecule has 2 saturated carbocycles. The number of hydrogen-bond donors (Lipinski definition) is 1.